The number of methoxy groups -OCH3 is 2. The zero-order valence-electron chi connectivity index (χ0n) is 19.0. The van der Waals surface area contributed by atoms with E-state index in [4.69, 9.17) is 14.2 Å². The van der Waals surface area contributed by atoms with E-state index in [1.165, 1.54) is 14.2 Å². The van der Waals surface area contributed by atoms with Crippen molar-refractivity contribution in [1.82, 2.24) is 19.7 Å². The molecule has 1 aromatic heterocycles. The Balaban J connectivity index is 1.76. The third-order valence-corrected chi connectivity index (χ3v) is 5.58. The van der Waals surface area contributed by atoms with Gasteiger partial charge in [-0.1, -0.05) is 12.1 Å². The first-order valence-corrected chi connectivity index (χ1v) is 10.9. The number of nitrogens with one attached hydrogen (secondary N) is 1. The van der Waals surface area contributed by atoms with Crippen molar-refractivity contribution in [2.45, 2.75) is 25.5 Å². The molecule has 178 valence electrons. The summed E-state index contributed by atoms with van der Waals surface area (Å²) >= 11 is 0. The van der Waals surface area contributed by atoms with Crippen LogP contribution >= 0.6 is 0 Å². The SMILES string of the molecule is COc1ccc(-n2nc(C(=O)NC[C@@H]3CCCO3)c(=O)n(Cc3cccc(OC)c3)c2=O)cc1. The Hall–Kier alpha value is -3.92. The van der Waals surface area contributed by atoms with Crippen molar-refractivity contribution in [3.05, 3.63) is 80.6 Å². The predicted octanol–water partition coefficient (Wildman–Crippen LogP) is 1.37. The normalized spacial score (nSPS) is 15.2. The lowest BCUT2D eigenvalue weighted by Gasteiger charge is -2.14. The second-order valence-corrected chi connectivity index (χ2v) is 7.83. The Morgan fingerprint density at radius 2 is 1.88 bits per heavy atom. The fourth-order valence-electron chi connectivity index (χ4n) is 3.74. The number of nitrogens with zero attached hydrogens (tertiary/aromatic N) is 3. The summed E-state index contributed by atoms with van der Waals surface area (Å²) < 4.78 is 18.0. The average Bonchev–Trinajstić information content (AvgIpc) is 3.39. The minimum Gasteiger partial charge on any atom is -0.497 e. The minimum absolute atomic E-state index is 0.0560. The monoisotopic (exact) mass is 466 g/mol. The van der Waals surface area contributed by atoms with Crippen LogP contribution in [0.3, 0.4) is 0 Å². The van der Waals surface area contributed by atoms with Gasteiger partial charge in [-0.3, -0.25) is 14.2 Å². The molecule has 1 fully saturated rings. The van der Waals surface area contributed by atoms with Crippen molar-refractivity contribution in [1.29, 1.82) is 0 Å². The van der Waals surface area contributed by atoms with Crippen LogP contribution in [0, 0.1) is 0 Å². The van der Waals surface area contributed by atoms with Crippen LogP contribution in [-0.4, -0.2) is 53.7 Å². The summed E-state index contributed by atoms with van der Waals surface area (Å²) in [5.74, 6) is 0.516. The Morgan fingerprint density at radius 3 is 2.56 bits per heavy atom. The molecule has 0 aliphatic carbocycles. The molecule has 1 saturated heterocycles. The number of aromatic nitrogens is 3. The van der Waals surface area contributed by atoms with Gasteiger partial charge in [-0.15, -0.1) is 0 Å². The average molecular weight is 466 g/mol. The summed E-state index contributed by atoms with van der Waals surface area (Å²) in [7, 11) is 3.06. The van der Waals surface area contributed by atoms with Gasteiger partial charge in [0, 0.05) is 13.2 Å². The number of benzene rings is 2. The van der Waals surface area contributed by atoms with E-state index in [0.717, 1.165) is 22.1 Å². The zero-order chi connectivity index (χ0) is 24.1. The van der Waals surface area contributed by atoms with Crippen molar-refractivity contribution in [3.8, 4) is 17.2 Å². The van der Waals surface area contributed by atoms with Crippen molar-refractivity contribution in [2.75, 3.05) is 27.4 Å². The highest BCUT2D eigenvalue weighted by Crippen LogP contribution is 2.15. The molecule has 10 nitrogen and oxygen atoms in total. The third kappa shape index (κ3) is 5.01. The lowest BCUT2D eigenvalue weighted by atomic mass is 10.2. The summed E-state index contributed by atoms with van der Waals surface area (Å²) in [6.45, 7) is 0.853. The van der Waals surface area contributed by atoms with E-state index in [1.807, 2.05) is 0 Å². The Bertz CT molecular complexity index is 1280. The van der Waals surface area contributed by atoms with Gasteiger partial charge in [0.25, 0.3) is 11.5 Å². The van der Waals surface area contributed by atoms with Crippen molar-refractivity contribution in [2.24, 2.45) is 0 Å². The minimum atomic E-state index is -0.776. The summed E-state index contributed by atoms with van der Waals surface area (Å²) in [6, 6.07) is 13.6. The van der Waals surface area contributed by atoms with Gasteiger partial charge in [-0.05, 0) is 54.8 Å². The highest BCUT2D eigenvalue weighted by Gasteiger charge is 2.23. The lowest BCUT2D eigenvalue weighted by molar-refractivity contribution is 0.0849. The number of hydrogen-bond donors (Lipinski definition) is 1. The number of amides is 1. The predicted molar refractivity (Wildman–Crippen MR) is 124 cm³/mol. The van der Waals surface area contributed by atoms with Crippen molar-refractivity contribution in [3.63, 3.8) is 0 Å². The lowest BCUT2D eigenvalue weighted by Crippen LogP contribution is -2.46. The van der Waals surface area contributed by atoms with Crippen LogP contribution in [0.15, 0.2) is 58.1 Å². The van der Waals surface area contributed by atoms with E-state index in [2.05, 4.69) is 10.4 Å². The largest absolute Gasteiger partial charge is 0.497 e. The third-order valence-electron chi connectivity index (χ3n) is 5.58. The number of carbonyl (C=O) groups excluding carboxylic acids is 1. The smallest absolute Gasteiger partial charge is 0.352 e. The van der Waals surface area contributed by atoms with Gasteiger partial charge in [0.15, 0.2) is 0 Å². The van der Waals surface area contributed by atoms with Gasteiger partial charge < -0.3 is 19.5 Å². The first-order chi connectivity index (χ1) is 16.5. The highest BCUT2D eigenvalue weighted by molar-refractivity contribution is 5.91. The molecular formula is C24H26N4O6. The van der Waals surface area contributed by atoms with Crippen LogP contribution in [0.4, 0.5) is 0 Å². The van der Waals surface area contributed by atoms with E-state index in [9.17, 15) is 14.4 Å². The van der Waals surface area contributed by atoms with Gasteiger partial charge in [0.05, 0.1) is 32.6 Å². The van der Waals surface area contributed by atoms with Crippen molar-refractivity contribution < 1.29 is 19.0 Å². The molecule has 0 bridgehead atoms. The molecule has 10 heteroatoms. The molecule has 1 atom stereocenters. The second kappa shape index (κ2) is 10.3. The Morgan fingerprint density at radius 1 is 1.12 bits per heavy atom. The van der Waals surface area contributed by atoms with Crippen LogP contribution in [0.5, 0.6) is 11.5 Å². The fourth-order valence-corrected chi connectivity index (χ4v) is 3.74. The molecule has 3 aromatic rings. The Kier molecular flexibility index (Phi) is 7.07. The van der Waals surface area contributed by atoms with E-state index in [0.29, 0.717) is 29.4 Å². The number of rotatable bonds is 8. The van der Waals surface area contributed by atoms with E-state index >= 15 is 0 Å². The maximum absolute atomic E-state index is 13.3. The molecule has 4 rings (SSSR count). The van der Waals surface area contributed by atoms with Gasteiger partial charge in [0.1, 0.15) is 11.5 Å². The van der Waals surface area contributed by atoms with Gasteiger partial charge in [-0.2, -0.15) is 9.78 Å². The maximum Gasteiger partial charge on any atom is 0.352 e. The molecule has 1 aliphatic heterocycles. The summed E-state index contributed by atoms with van der Waals surface area (Å²) in [5, 5.41) is 6.84. The molecular weight excluding hydrogens is 440 g/mol. The van der Waals surface area contributed by atoms with Gasteiger partial charge in [-0.25, -0.2) is 4.79 Å². The molecule has 34 heavy (non-hydrogen) atoms. The highest BCUT2D eigenvalue weighted by atomic mass is 16.5. The first kappa shape index (κ1) is 23.2. The molecule has 1 amide bonds. The standard InChI is InChI=1S/C24H26N4O6/c1-32-18-10-8-17(9-11-18)28-24(31)27(15-16-5-3-6-19(13-16)33-2)23(30)21(26-28)22(29)25-14-20-7-4-12-34-20/h3,5-6,8-11,13,20H,4,7,12,14-15H2,1-2H3,(H,25,29)/t20-/m0/s1. The number of carbonyl (C=O) groups is 1. The van der Waals surface area contributed by atoms with Crippen LogP contribution < -0.4 is 26.0 Å². The van der Waals surface area contributed by atoms with Gasteiger partial charge >= 0.3 is 5.69 Å². The van der Waals surface area contributed by atoms with E-state index in [-0.39, 0.29) is 24.9 Å². The maximum atomic E-state index is 13.3. The van der Waals surface area contributed by atoms with Crippen LogP contribution in [0.1, 0.15) is 28.9 Å². The summed E-state index contributed by atoms with van der Waals surface area (Å²) in [4.78, 5) is 39.4. The second-order valence-electron chi connectivity index (χ2n) is 7.83. The molecule has 0 radical (unpaired) electrons. The topological polar surface area (TPSA) is 114 Å². The summed E-state index contributed by atoms with van der Waals surface area (Å²) in [5.41, 5.74) is -0.775. The zero-order valence-corrected chi connectivity index (χ0v) is 19.0. The first-order valence-electron chi connectivity index (χ1n) is 10.9. The van der Waals surface area contributed by atoms with E-state index in [1.54, 1.807) is 48.5 Å². The summed E-state index contributed by atoms with van der Waals surface area (Å²) in [6.07, 6.45) is 1.66. The fraction of sp³-hybridized carbons (Fsp3) is 0.333. The number of ether oxygens (including phenoxy) is 3. The van der Waals surface area contributed by atoms with Crippen LogP contribution in [0.2, 0.25) is 0 Å². The molecule has 1 N–H and O–H groups in total. The Labute approximate surface area is 195 Å². The van der Waals surface area contributed by atoms with Gasteiger partial charge in [0.2, 0.25) is 5.69 Å². The van der Waals surface area contributed by atoms with Crippen LogP contribution in [0.25, 0.3) is 5.69 Å². The molecule has 1 aliphatic rings. The van der Waals surface area contributed by atoms with E-state index < -0.39 is 17.2 Å². The van der Waals surface area contributed by atoms with Crippen molar-refractivity contribution >= 4 is 5.91 Å². The quantitative estimate of drug-likeness (QED) is 0.533. The molecule has 2 heterocycles. The number of hydrogen-bond acceptors (Lipinski definition) is 7. The molecule has 2 aromatic carbocycles. The molecule has 0 saturated carbocycles. The van der Waals surface area contributed by atoms with Crippen LogP contribution in [-0.2, 0) is 11.3 Å². The molecule has 0 spiro atoms. The molecule has 0 unspecified atom stereocenters.